The highest BCUT2D eigenvalue weighted by Crippen LogP contribution is 2.27. The maximum absolute atomic E-state index is 13.4. The average molecular weight is 483 g/mol. The molecule has 0 saturated carbocycles. The molecule has 4 rings (SSSR count). The lowest BCUT2D eigenvalue weighted by Gasteiger charge is -2.32. The third-order valence-electron chi connectivity index (χ3n) is 6.33. The van der Waals surface area contributed by atoms with E-state index in [1.54, 1.807) is 12.1 Å². The summed E-state index contributed by atoms with van der Waals surface area (Å²) in [7, 11) is -1.76. The number of aromatic nitrogens is 1. The van der Waals surface area contributed by atoms with Crippen molar-refractivity contribution in [3.63, 3.8) is 0 Å². The normalized spacial score (nSPS) is 16.3. The van der Waals surface area contributed by atoms with Crippen molar-refractivity contribution in [1.82, 2.24) is 19.5 Å². The SMILES string of the molecule is CC(=O)N[C@H](Cc1cccn1C)C(=O)NC1CCN(S(=O)(=O)c2cccc3ccccc23)CC1. The quantitative estimate of drug-likeness (QED) is 0.539. The van der Waals surface area contributed by atoms with Crippen molar-refractivity contribution in [2.75, 3.05) is 13.1 Å². The second-order valence-electron chi connectivity index (χ2n) is 8.73. The van der Waals surface area contributed by atoms with Gasteiger partial charge in [0.05, 0.1) is 4.90 Å². The van der Waals surface area contributed by atoms with E-state index in [1.165, 1.54) is 11.2 Å². The van der Waals surface area contributed by atoms with Crippen LogP contribution < -0.4 is 10.6 Å². The first-order valence-corrected chi connectivity index (χ1v) is 12.9. The van der Waals surface area contributed by atoms with Gasteiger partial charge in [0.2, 0.25) is 21.8 Å². The predicted molar refractivity (Wildman–Crippen MR) is 131 cm³/mol. The molecule has 1 atom stereocenters. The molecule has 9 heteroatoms. The van der Waals surface area contributed by atoms with Crippen LogP contribution in [0.1, 0.15) is 25.5 Å². The number of aryl methyl sites for hydroxylation is 1. The van der Waals surface area contributed by atoms with E-state index in [2.05, 4.69) is 10.6 Å². The van der Waals surface area contributed by atoms with Crippen molar-refractivity contribution in [3.8, 4) is 0 Å². The standard InChI is InChI=1S/C25H30N4O4S/c1-18(30)26-23(17-21-9-6-14-28(21)2)25(31)27-20-12-15-29(16-13-20)34(32,33)24-11-5-8-19-7-3-4-10-22(19)24/h3-11,14,20,23H,12-13,15-17H2,1-2H3,(H,26,30)(H,27,31)/t23-/m1/s1. The molecule has 2 heterocycles. The highest BCUT2D eigenvalue weighted by atomic mass is 32.2. The van der Waals surface area contributed by atoms with Crippen LogP contribution in [0.3, 0.4) is 0 Å². The van der Waals surface area contributed by atoms with Crippen LogP contribution in [0, 0.1) is 0 Å². The molecular formula is C25H30N4O4S. The van der Waals surface area contributed by atoms with Crippen LogP contribution in [-0.4, -0.2) is 54.3 Å². The van der Waals surface area contributed by atoms with Gasteiger partial charge in [0.15, 0.2) is 0 Å². The number of piperidine rings is 1. The summed E-state index contributed by atoms with van der Waals surface area (Å²) in [6.07, 6.45) is 3.28. The first kappa shape index (κ1) is 24.0. The molecule has 2 N–H and O–H groups in total. The van der Waals surface area contributed by atoms with Gasteiger partial charge in [0.1, 0.15) is 6.04 Å². The summed E-state index contributed by atoms with van der Waals surface area (Å²) in [4.78, 5) is 24.9. The fraction of sp³-hybridized carbons (Fsp3) is 0.360. The predicted octanol–water partition coefficient (Wildman–Crippen LogP) is 2.20. The number of amides is 2. The van der Waals surface area contributed by atoms with E-state index >= 15 is 0 Å². The Morgan fingerprint density at radius 3 is 2.41 bits per heavy atom. The Hall–Kier alpha value is -3.17. The van der Waals surface area contributed by atoms with E-state index in [1.807, 2.05) is 60.3 Å². The molecule has 3 aromatic rings. The maximum atomic E-state index is 13.4. The summed E-state index contributed by atoms with van der Waals surface area (Å²) in [5.41, 5.74) is 0.935. The van der Waals surface area contributed by atoms with Gasteiger partial charge in [-0.1, -0.05) is 36.4 Å². The van der Waals surface area contributed by atoms with Gasteiger partial charge in [-0.2, -0.15) is 4.31 Å². The number of nitrogens with zero attached hydrogens (tertiary/aromatic N) is 2. The number of hydrogen-bond acceptors (Lipinski definition) is 4. The molecule has 1 saturated heterocycles. The summed E-state index contributed by atoms with van der Waals surface area (Å²) in [5.74, 6) is -0.530. The molecule has 1 aliphatic rings. The van der Waals surface area contributed by atoms with Crippen molar-refractivity contribution >= 4 is 32.6 Å². The molecule has 34 heavy (non-hydrogen) atoms. The summed E-state index contributed by atoms with van der Waals surface area (Å²) in [5, 5.41) is 7.34. The van der Waals surface area contributed by atoms with Crippen LogP contribution in [0.15, 0.2) is 65.7 Å². The fourth-order valence-electron chi connectivity index (χ4n) is 4.47. The van der Waals surface area contributed by atoms with Crippen molar-refractivity contribution in [2.24, 2.45) is 7.05 Å². The van der Waals surface area contributed by atoms with Gasteiger partial charge < -0.3 is 15.2 Å². The third-order valence-corrected chi connectivity index (χ3v) is 8.28. The Balaban J connectivity index is 1.41. The molecule has 0 aliphatic carbocycles. The number of benzene rings is 2. The van der Waals surface area contributed by atoms with Crippen LogP contribution in [0.2, 0.25) is 0 Å². The Morgan fingerprint density at radius 2 is 1.74 bits per heavy atom. The molecule has 0 spiro atoms. The minimum Gasteiger partial charge on any atom is -0.354 e. The Kier molecular flexibility index (Phi) is 7.04. The Labute approximate surface area is 200 Å². The van der Waals surface area contributed by atoms with Gasteiger partial charge in [-0.25, -0.2) is 8.42 Å². The van der Waals surface area contributed by atoms with E-state index in [-0.39, 0.29) is 17.9 Å². The number of rotatable bonds is 7. The molecule has 0 unspecified atom stereocenters. The van der Waals surface area contributed by atoms with Crippen LogP contribution in [0.25, 0.3) is 10.8 Å². The molecular weight excluding hydrogens is 452 g/mol. The van der Waals surface area contributed by atoms with Gasteiger partial charge >= 0.3 is 0 Å². The fourth-order valence-corrected chi connectivity index (χ4v) is 6.16. The van der Waals surface area contributed by atoms with Gasteiger partial charge in [0.25, 0.3) is 0 Å². The molecule has 2 aromatic carbocycles. The number of fused-ring (bicyclic) bond motifs is 1. The van der Waals surface area contributed by atoms with Gasteiger partial charge in [0, 0.05) is 56.8 Å². The lowest BCUT2D eigenvalue weighted by Crippen LogP contribution is -2.53. The molecule has 0 bridgehead atoms. The number of hydrogen-bond donors (Lipinski definition) is 2. The third kappa shape index (κ3) is 5.15. The molecule has 2 amide bonds. The lowest BCUT2D eigenvalue weighted by molar-refractivity contribution is -0.128. The van der Waals surface area contributed by atoms with Crippen molar-refractivity contribution < 1.29 is 18.0 Å². The van der Waals surface area contributed by atoms with E-state index in [9.17, 15) is 18.0 Å². The highest BCUT2D eigenvalue weighted by molar-refractivity contribution is 7.89. The average Bonchev–Trinajstić information content (AvgIpc) is 3.22. The van der Waals surface area contributed by atoms with E-state index < -0.39 is 16.1 Å². The van der Waals surface area contributed by atoms with Crippen LogP contribution in [0.4, 0.5) is 0 Å². The second-order valence-corrected chi connectivity index (χ2v) is 10.6. The molecule has 1 aliphatic heterocycles. The lowest BCUT2D eigenvalue weighted by atomic mass is 10.0. The number of nitrogens with one attached hydrogen (secondary N) is 2. The van der Waals surface area contributed by atoms with Crippen molar-refractivity contribution in [2.45, 2.75) is 43.2 Å². The topological polar surface area (TPSA) is 101 Å². The van der Waals surface area contributed by atoms with Crippen molar-refractivity contribution in [1.29, 1.82) is 0 Å². The Morgan fingerprint density at radius 1 is 1.03 bits per heavy atom. The second kappa shape index (κ2) is 9.99. The number of sulfonamides is 1. The first-order chi connectivity index (χ1) is 16.3. The molecule has 1 fully saturated rings. The number of carbonyl (C=O) groups is 2. The summed E-state index contributed by atoms with van der Waals surface area (Å²) in [6.45, 7) is 2.03. The van der Waals surface area contributed by atoms with Gasteiger partial charge in [-0.15, -0.1) is 0 Å². The zero-order chi connectivity index (χ0) is 24.3. The van der Waals surface area contributed by atoms with E-state index in [0.29, 0.717) is 42.6 Å². The molecule has 0 radical (unpaired) electrons. The number of carbonyl (C=O) groups excluding carboxylic acids is 2. The van der Waals surface area contributed by atoms with E-state index in [0.717, 1.165) is 11.1 Å². The minimum atomic E-state index is -3.65. The zero-order valence-electron chi connectivity index (χ0n) is 19.4. The van der Waals surface area contributed by atoms with E-state index in [4.69, 9.17) is 0 Å². The minimum absolute atomic E-state index is 0.156. The van der Waals surface area contributed by atoms with Gasteiger partial charge in [-0.05, 0) is 36.4 Å². The largest absolute Gasteiger partial charge is 0.354 e. The summed E-state index contributed by atoms with van der Waals surface area (Å²) in [6, 6.07) is 15.7. The maximum Gasteiger partial charge on any atom is 0.243 e. The van der Waals surface area contributed by atoms with Crippen molar-refractivity contribution in [3.05, 3.63) is 66.5 Å². The Bertz CT molecular complexity index is 1290. The monoisotopic (exact) mass is 482 g/mol. The zero-order valence-corrected chi connectivity index (χ0v) is 20.2. The van der Waals surface area contributed by atoms with Crippen LogP contribution in [-0.2, 0) is 33.1 Å². The highest BCUT2D eigenvalue weighted by Gasteiger charge is 2.32. The van der Waals surface area contributed by atoms with Crippen LogP contribution in [0.5, 0.6) is 0 Å². The smallest absolute Gasteiger partial charge is 0.243 e. The van der Waals surface area contributed by atoms with Crippen LogP contribution >= 0.6 is 0 Å². The molecule has 1 aromatic heterocycles. The summed E-state index contributed by atoms with van der Waals surface area (Å²) >= 11 is 0. The van der Waals surface area contributed by atoms with Gasteiger partial charge in [-0.3, -0.25) is 9.59 Å². The molecule has 180 valence electrons. The molecule has 8 nitrogen and oxygen atoms in total. The first-order valence-electron chi connectivity index (χ1n) is 11.4. The summed E-state index contributed by atoms with van der Waals surface area (Å²) < 4.78 is 30.1.